The van der Waals surface area contributed by atoms with Crippen molar-refractivity contribution in [1.82, 2.24) is 4.98 Å². The molecule has 1 unspecified atom stereocenters. The first kappa shape index (κ1) is 18.8. The molecule has 0 bridgehead atoms. The van der Waals surface area contributed by atoms with Gasteiger partial charge in [-0.15, -0.1) is 0 Å². The number of H-pyrrole nitrogens is 1. The number of fused-ring (bicyclic) bond motifs is 1. The lowest BCUT2D eigenvalue weighted by atomic mass is 9.78. The third-order valence-corrected chi connectivity index (χ3v) is 6.37. The summed E-state index contributed by atoms with van der Waals surface area (Å²) >= 11 is 0. The molecule has 1 aliphatic rings. The number of para-hydroxylation sites is 2. The van der Waals surface area contributed by atoms with Gasteiger partial charge in [0.15, 0.2) is 5.78 Å². The van der Waals surface area contributed by atoms with Crippen molar-refractivity contribution in [3.8, 4) is 5.75 Å². The second-order valence-electron chi connectivity index (χ2n) is 8.06. The average Bonchev–Trinajstić information content (AvgIpc) is 3.14. The topological polar surface area (TPSA) is 42.1 Å². The Morgan fingerprint density at radius 2 is 1.79 bits per heavy atom. The van der Waals surface area contributed by atoms with Gasteiger partial charge in [0.05, 0.1) is 7.11 Å². The minimum Gasteiger partial charge on any atom is -0.496 e. The zero-order chi connectivity index (χ0) is 19.5. The first-order valence-electron chi connectivity index (χ1n) is 10.4. The molecule has 4 rings (SSSR count). The van der Waals surface area contributed by atoms with Crippen LogP contribution in [0.2, 0.25) is 0 Å². The number of Topliss-reactive ketones (excluding diaryl/α,β-unsaturated/α-hetero) is 1. The predicted molar refractivity (Wildman–Crippen MR) is 114 cm³/mol. The Bertz CT molecular complexity index is 966. The molecule has 1 heterocycles. The van der Waals surface area contributed by atoms with Gasteiger partial charge in [0.1, 0.15) is 5.75 Å². The molecular formula is C25H29NO2. The number of carbonyl (C=O) groups excluding carboxylic acids is 1. The average molecular weight is 376 g/mol. The van der Waals surface area contributed by atoms with Gasteiger partial charge in [-0.2, -0.15) is 0 Å². The molecule has 2 aromatic carbocycles. The summed E-state index contributed by atoms with van der Waals surface area (Å²) in [4.78, 5) is 17.1. The Kier molecular flexibility index (Phi) is 5.52. The van der Waals surface area contributed by atoms with Gasteiger partial charge in [-0.05, 0) is 36.8 Å². The quantitative estimate of drug-likeness (QED) is 0.515. The number of hydrogen-bond acceptors (Lipinski definition) is 2. The molecule has 0 spiro atoms. The summed E-state index contributed by atoms with van der Waals surface area (Å²) < 4.78 is 5.46. The Hall–Kier alpha value is -2.55. The summed E-state index contributed by atoms with van der Waals surface area (Å²) in [5.41, 5.74) is 3.99. The second-order valence-corrected chi connectivity index (χ2v) is 8.06. The number of ether oxygens (including phenoxy) is 1. The van der Waals surface area contributed by atoms with E-state index in [1.54, 1.807) is 7.11 Å². The van der Waals surface area contributed by atoms with Crippen molar-refractivity contribution >= 4 is 16.7 Å². The summed E-state index contributed by atoms with van der Waals surface area (Å²) in [5.74, 6) is 1.96. The van der Waals surface area contributed by atoms with Gasteiger partial charge in [0, 0.05) is 34.1 Å². The van der Waals surface area contributed by atoms with Crippen LogP contribution in [0.5, 0.6) is 5.75 Å². The molecule has 146 valence electrons. The summed E-state index contributed by atoms with van der Waals surface area (Å²) in [6, 6.07) is 16.0. The Balaban J connectivity index is 1.73. The maximum absolute atomic E-state index is 13.5. The lowest BCUT2D eigenvalue weighted by Gasteiger charge is -2.27. The molecular weight excluding hydrogens is 346 g/mol. The van der Waals surface area contributed by atoms with E-state index in [9.17, 15) is 4.79 Å². The first-order chi connectivity index (χ1) is 13.7. The minimum absolute atomic E-state index is 0.166. The minimum atomic E-state index is 0.166. The molecule has 1 aliphatic carbocycles. The highest BCUT2D eigenvalue weighted by Gasteiger charge is 2.28. The number of carbonyl (C=O) groups is 1. The van der Waals surface area contributed by atoms with E-state index < -0.39 is 0 Å². The van der Waals surface area contributed by atoms with E-state index in [1.165, 1.54) is 32.1 Å². The predicted octanol–water partition coefficient (Wildman–Crippen LogP) is 6.29. The van der Waals surface area contributed by atoms with Crippen LogP contribution in [-0.4, -0.2) is 17.9 Å². The van der Waals surface area contributed by atoms with E-state index >= 15 is 0 Å². The van der Waals surface area contributed by atoms with Crippen LogP contribution in [0, 0.1) is 5.92 Å². The summed E-state index contributed by atoms with van der Waals surface area (Å²) in [6.07, 6.45) is 6.83. The number of aromatic nitrogens is 1. The highest BCUT2D eigenvalue weighted by Crippen LogP contribution is 2.39. The van der Waals surface area contributed by atoms with Gasteiger partial charge < -0.3 is 9.72 Å². The van der Waals surface area contributed by atoms with Gasteiger partial charge in [0.25, 0.3) is 0 Å². The van der Waals surface area contributed by atoms with Crippen molar-refractivity contribution in [3.05, 3.63) is 65.4 Å². The van der Waals surface area contributed by atoms with Crippen LogP contribution in [0.4, 0.5) is 0 Å². The van der Waals surface area contributed by atoms with Gasteiger partial charge >= 0.3 is 0 Å². The van der Waals surface area contributed by atoms with Crippen molar-refractivity contribution < 1.29 is 9.53 Å². The fraction of sp³-hybridized carbons (Fsp3) is 0.400. The Morgan fingerprint density at radius 3 is 2.57 bits per heavy atom. The normalized spacial score (nSPS) is 16.2. The van der Waals surface area contributed by atoms with Crippen LogP contribution in [0.3, 0.4) is 0 Å². The summed E-state index contributed by atoms with van der Waals surface area (Å²) in [5, 5.41) is 1.04. The first-order valence-corrected chi connectivity index (χ1v) is 10.4. The highest BCUT2D eigenvalue weighted by atomic mass is 16.5. The van der Waals surface area contributed by atoms with Crippen molar-refractivity contribution in [2.75, 3.05) is 7.11 Å². The molecule has 0 saturated heterocycles. The number of rotatable bonds is 6. The Labute approximate surface area is 167 Å². The molecule has 28 heavy (non-hydrogen) atoms. The summed E-state index contributed by atoms with van der Waals surface area (Å²) in [7, 11) is 1.66. The molecule has 1 fully saturated rings. The lowest BCUT2D eigenvalue weighted by molar-refractivity contribution is 0.0991. The monoisotopic (exact) mass is 375 g/mol. The number of ketones is 1. The zero-order valence-electron chi connectivity index (χ0n) is 16.8. The largest absolute Gasteiger partial charge is 0.496 e. The van der Waals surface area contributed by atoms with E-state index in [2.05, 4.69) is 24.0 Å². The van der Waals surface area contributed by atoms with Crippen LogP contribution in [-0.2, 0) is 6.42 Å². The third kappa shape index (κ3) is 3.58. The molecule has 0 aliphatic heterocycles. The SMILES string of the molecule is COc1ccccc1CC(=O)c1c(C(C)C2CCCCC2)[nH]c2ccccc12. The number of hydrogen-bond donors (Lipinski definition) is 1. The molecule has 3 heteroatoms. The second kappa shape index (κ2) is 8.22. The van der Waals surface area contributed by atoms with E-state index in [0.29, 0.717) is 18.3 Å². The number of benzene rings is 2. The fourth-order valence-electron chi connectivity index (χ4n) is 4.78. The van der Waals surface area contributed by atoms with Crippen LogP contribution < -0.4 is 4.74 Å². The zero-order valence-corrected chi connectivity index (χ0v) is 16.8. The van der Waals surface area contributed by atoms with E-state index in [1.807, 2.05) is 36.4 Å². The molecule has 1 aromatic heterocycles. The highest BCUT2D eigenvalue weighted by molar-refractivity contribution is 6.10. The van der Waals surface area contributed by atoms with E-state index in [4.69, 9.17) is 4.74 Å². The smallest absolute Gasteiger partial charge is 0.169 e. The van der Waals surface area contributed by atoms with Gasteiger partial charge in [-0.25, -0.2) is 0 Å². The van der Waals surface area contributed by atoms with Gasteiger partial charge in [-0.1, -0.05) is 62.6 Å². The number of nitrogens with one attached hydrogen (secondary N) is 1. The summed E-state index contributed by atoms with van der Waals surface area (Å²) in [6.45, 7) is 2.29. The molecule has 1 atom stereocenters. The molecule has 0 amide bonds. The number of methoxy groups -OCH3 is 1. The van der Waals surface area contributed by atoms with Gasteiger partial charge in [0.2, 0.25) is 0 Å². The van der Waals surface area contributed by atoms with E-state index in [0.717, 1.165) is 33.5 Å². The fourth-order valence-corrected chi connectivity index (χ4v) is 4.78. The van der Waals surface area contributed by atoms with E-state index in [-0.39, 0.29) is 5.78 Å². The van der Waals surface area contributed by atoms with Gasteiger partial charge in [-0.3, -0.25) is 4.79 Å². The standard InChI is InChI=1S/C25H29NO2/c1-17(18-10-4-3-5-11-18)25-24(20-13-7-8-14-21(20)26-25)22(27)16-19-12-6-9-15-23(19)28-2/h6-9,12-15,17-18,26H,3-5,10-11,16H2,1-2H3. The third-order valence-electron chi connectivity index (χ3n) is 6.37. The maximum Gasteiger partial charge on any atom is 0.169 e. The molecule has 3 nitrogen and oxygen atoms in total. The molecule has 0 radical (unpaired) electrons. The van der Waals surface area contributed by atoms with Crippen molar-refractivity contribution in [2.24, 2.45) is 5.92 Å². The lowest BCUT2D eigenvalue weighted by Crippen LogP contribution is -2.17. The maximum atomic E-state index is 13.5. The molecule has 3 aromatic rings. The van der Waals surface area contributed by atoms with Crippen LogP contribution in [0.15, 0.2) is 48.5 Å². The van der Waals surface area contributed by atoms with Crippen molar-refractivity contribution in [2.45, 2.75) is 51.4 Å². The molecule has 1 N–H and O–H groups in total. The molecule has 1 saturated carbocycles. The Morgan fingerprint density at radius 1 is 1.07 bits per heavy atom. The van der Waals surface area contributed by atoms with Crippen molar-refractivity contribution in [1.29, 1.82) is 0 Å². The van der Waals surface area contributed by atoms with Crippen LogP contribution in [0.1, 0.15) is 66.6 Å². The van der Waals surface area contributed by atoms with Crippen LogP contribution >= 0.6 is 0 Å². The van der Waals surface area contributed by atoms with Crippen LogP contribution in [0.25, 0.3) is 10.9 Å². The van der Waals surface area contributed by atoms with Crippen molar-refractivity contribution in [3.63, 3.8) is 0 Å². The number of aromatic amines is 1.